The van der Waals surface area contributed by atoms with Gasteiger partial charge in [-0.2, -0.15) is 0 Å². The zero-order chi connectivity index (χ0) is 12.3. The Bertz CT molecular complexity index is 283. The van der Waals surface area contributed by atoms with Gasteiger partial charge in [-0.1, -0.05) is 0 Å². The molecule has 0 saturated carbocycles. The van der Waals surface area contributed by atoms with Crippen molar-refractivity contribution in [3.05, 3.63) is 0 Å². The van der Waals surface area contributed by atoms with Crippen LogP contribution in [0.2, 0.25) is 0 Å². The van der Waals surface area contributed by atoms with Crippen LogP contribution in [0, 0.1) is 0 Å². The second-order valence-corrected chi connectivity index (χ2v) is 4.53. The Balaban J connectivity index is 2.42. The number of cyclic esters (lactones) is 1. The highest BCUT2D eigenvalue weighted by Crippen LogP contribution is 2.12. The van der Waals surface area contributed by atoms with Crippen LogP contribution < -0.4 is 5.32 Å². The quantitative estimate of drug-likeness (QED) is 0.685. The van der Waals surface area contributed by atoms with Crippen LogP contribution in [0.15, 0.2) is 0 Å². The van der Waals surface area contributed by atoms with Crippen molar-refractivity contribution in [2.24, 2.45) is 0 Å². The lowest BCUT2D eigenvalue weighted by molar-refractivity contribution is -0.212. The average molecular weight is 231 g/mol. The van der Waals surface area contributed by atoms with Crippen LogP contribution in [-0.2, 0) is 19.0 Å². The van der Waals surface area contributed by atoms with Gasteiger partial charge in [-0.3, -0.25) is 10.1 Å². The maximum Gasteiger partial charge on any atom is 0.409 e. The Morgan fingerprint density at radius 3 is 2.62 bits per heavy atom. The van der Waals surface area contributed by atoms with E-state index in [1.54, 1.807) is 27.7 Å². The molecule has 1 rings (SSSR count). The predicted octanol–water partition coefficient (Wildman–Crippen LogP) is 1.15. The molecule has 0 aromatic rings. The normalized spacial score (nSPS) is 25.9. The summed E-state index contributed by atoms with van der Waals surface area (Å²) in [6.45, 7) is 6.85. The molecule has 0 aliphatic carbocycles. The summed E-state index contributed by atoms with van der Waals surface area (Å²) < 4.78 is 15.0. The van der Waals surface area contributed by atoms with Crippen LogP contribution in [0.3, 0.4) is 0 Å². The number of alkyl carbamates (subject to hydrolysis) is 1. The number of hydrogen-bond donors (Lipinski definition) is 1. The molecule has 1 N–H and O–H groups in total. The fourth-order valence-electron chi connectivity index (χ4n) is 1.22. The van der Waals surface area contributed by atoms with Crippen LogP contribution >= 0.6 is 0 Å². The minimum atomic E-state index is -0.689. The van der Waals surface area contributed by atoms with E-state index in [2.05, 4.69) is 5.32 Å². The Hall–Kier alpha value is -1.30. The number of amides is 1. The lowest BCUT2D eigenvalue weighted by Crippen LogP contribution is -2.46. The molecule has 1 amide bonds. The number of ether oxygens (including phenoxy) is 3. The zero-order valence-electron chi connectivity index (χ0n) is 9.90. The largest absolute Gasteiger partial charge is 0.444 e. The molecule has 16 heavy (non-hydrogen) atoms. The number of hydrogen-bond acceptors (Lipinski definition) is 5. The summed E-state index contributed by atoms with van der Waals surface area (Å²) >= 11 is 0. The minimum Gasteiger partial charge on any atom is -0.444 e. The Labute approximate surface area is 94.2 Å². The monoisotopic (exact) mass is 231 g/mol. The minimum absolute atomic E-state index is 0.0103. The third-order valence-corrected chi connectivity index (χ3v) is 1.68. The molecule has 0 radical (unpaired) electrons. The first kappa shape index (κ1) is 12.8. The predicted molar refractivity (Wildman–Crippen MR) is 54.4 cm³/mol. The van der Waals surface area contributed by atoms with E-state index in [-0.39, 0.29) is 6.42 Å². The van der Waals surface area contributed by atoms with Crippen LogP contribution in [0.1, 0.15) is 34.1 Å². The van der Waals surface area contributed by atoms with Crippen molar-refractivity contribution in [1.29, 1.82) is 0 Å². The van der Waals surface area contributed by atoms with Gasteiger partial charge in [0.25, 0.3) is 0 Å². The molecule has 1 fully saturated rings. The lowest BCUT2D eigenvalue weighted by Gasteiger charge is -2.28. The molecule has 0 spiro atoms. The first-order valence-corrected chi connectivity index (χ1v) is 5.11. The first-order chi connectivity index (χ1) is 7.26. The molecule has 0 aromatic carbocycles. The molecule has 0 aromatic heterocycles. The molecule has 1 saturated heterocycles. The topological polar surface area (TPSA) is 73.9 Å². The Morgan fingerprint density at radius 2 is 2.12 bits per heavy atom. The van der Waals surface area contributed by atoms with E-state index in [0.29, 0.717) is 0 Å². The molecule has 92 valence electrons. The van der Waals surface area contributed by atoms with Gasteiger partial charge in [-0.05, 0) is 27.7 Å². The highest BCUT2D eigenvalue weighted by atomic mass is 16.7. The lowest BCUT2D eigenvalue weighted by atomic mass is 10.2. The van der Waals surface area contributed by atoms with Gasteiger partial charge in [0.1, 0.15) is 11.8 Å². The van der Waals surface area contributed by atoms with Crippen molar-refractivity contribution in [3.63, 3.8) is 0 Å². The highest BCUT2D eigenvalue weighted by Gasteiger charge is 2.28. The second kappa shape index (κ2) is 4.69. The summed E-state index contributed by atoms with van der Waals surface area (Å²) in [6, 6.07) is 0. The molecule has 1 aliphatic rings. The summed E-state index contributed by atoms with van der Waals surface area (Å²) in [7, 11) is 0. The molecular weight excluding hydrogens is 214 g/mol. The number of carbonyl (C=O) groups excluding carboxylic acids is 2. The van der Waals surface area contributed by atoms with Gasteiger partial charge in [-0.25, -0.2) is 4.79 Å². The molecule has 2 atom stereocenters. The van der Waals surface area contributed by atoms with Gasteiger partial charge in [0.05, 0.1) is 6.42 Å². The van der Waals surface area contributed by atoms with Crippen LogP contribution in [-0.4, -0.2) is 30.2 Å². The van der Waals surface area contributed by atoms with Crippen LogP contribution in [0.4, 0.5) is 4.79 Å². The molecule has 1 aliphatic heterocycles. The highest BCUT2D eigenvalue weighted by molar-refractivity contribution is 5.73. The van der Waals surface area contributed by atoms with E-state index < -0.39 is 30.2 Å². The van der Waals surface area contributed by atoms with E-state index in [1.807, 2.05) is 0 Å². The van der Waals surface area contributed by atoms with Gasteiger partial charge in [-0.15, -0.1) is 0 Å². The maximum absolute atomic E-state index is 11.4. The van der Waals surface area contributed by atoms with Crippen LogP contribution in [0.5, 0.6) is 0 Å². The van der Waals surface area contributed by atoms with Crippen molar-refractivity contribution >= 4 is 12.1 Å². The van der Waals surface area contributed by atoms with Gasteiger partial charge < -0.3 is 14.2 Å². The molecule has 1 heterocycles. The smallest absolute Gasteiger partial charge is 0.409 e. The summed E-state index contributed by atoms with van der Waals surface area (Å²) in [5.41, 5.74) is -0.578. The zero-order valence-corrected chi connectivity index (χ0v) is 9.90. The molecular formula is C10H17NO5. The number of rotatable bonds is 1. The van der Waals surface area contributed by atoms with E-state index in [0.717, 1.165) is 0 Å². The van der Waals surface area contributed by atoms with E-state index in [1.165, 1.54) is 0 Å². The summed E-state index contributed by atoms with van der Waals surface area (Å²) in [6.07, 6.45) is -1.96. The van der Waals surface area contributed by atoms with Gasteiger partial charge in [0.2, 0.25) is 6.29 Å². The van der Waals surface area contributed by atoms with Crippen LogP contribution in [0.25, 0.3) is 0 Å². The summed E-state index contributed by atoms with van der Waals surface area (Å²) in [5.74, 6) is -0.403. The standard InChI is InChI=1S/C10H17NO5/c1-6-14-7(5-8(12)15-6)11-9(13)16-10(2,3)4/h6-7H,5H2,1-4H3,(H,11,13). The van der Waals surface area contributed by atoms with Gasteiger partial charge in [0.15, 0.2) is 0 Å². The Kier molecular flexibility index (Phi) is 3.74. The summed E-state index contributed by atoms with van der Waals surface area (Å²) in [4.78, 5) is 22.4. The summed E-state index contributed by atoms with van der Waals surface area (Å²) in [5, 5.41) is 2.45. The van der Waals surface area contributed by atoms with E-state index in [9.17, 15) is 9.59 Å². The SMILES string of the molecule is CC1OC(=O)CC(NC(=O)OC(C)(C)C)O1. The molecule has 6 nitrogen and oxygen atoms in total. The third kappa shape index (κ3) is 4.48. The first-order valence-electron chi connectivity index (χ1n) is 5.11. The fourth-order valence-corrected chi connectivity index (χ4v) is 1.22. The number of nitrogens with one attached hydrogen (secondary N) is 1. The Morgan fingerprint density at radius 1 is 1.50 bits per heavy atom. The van der Waals surface area contributed by atoms with Crippen molar-refractivity contribution in [2.45, 2.75) is 52.2 Å². The fraction of sp³-hybridized carbons (Fsp3) is 0.800. The third-order valence-electron chi connectivity index (χ3n) is 1.68. The van der Waals surface area contributed by atoms with Crippen molar-refractivity contribution in [2.75, 3.05) is 0 Å². The second-order valence-electron chi connectivity index (χ2n) is 4.53. The van der Waals surface area contributed by atoms with Gasteiger partial charge in [0, 0.05) is 0 Å². The van der Waals surface area contributed by atoms with Crippen molar-refractivity contribution in [1.82, 2.24) is 5.32 Å². The van der Waals surface area contributed by atoms with E-state index in [4.69, 9.17) is 14.2 Å². The number of esters is 1. The number of carbonyl (C=O) groups is 2. The molecule has 6 heteroatoms. The molecule has 2 unspecified atom stereocenters. The van der Waals surface area contributed by atoms with E-state index >= 15 is 0 Å². The average Bonchev–Trinajstić information content (AvgIpc) is 1.96. The molecule has 0 bridgehead atoms. The van der Waals surface area contributed by atoms with Crippen molar-refractivity contribution < 1.29 is 23.8 Å². The maximum atomic E-state index is 11.4. The van der Waals surface area contributed by atoms with Crippen molar-refractivity contribution in [3.8, 4) is 0 Å². The van der Waals surface area contributed by atoms with Gasteiger partial charge >= 0.3 is 12.1 Å².